The van der Waals surface area contributed by atoms with Crippen molar-refractivity contribution in [2.24, 2.45) is 0 Å². The number of nitro benzene ring substituents is 1. The van der Waals surface area contributed by atoms with Crippen LogP contribution in [0.4, 0.5) is 11.4 Å². The molecular formula is C21H16N4O5S2. The molecule has 2 aliphatic rings. The van der Waals surface area contributed by atoms with Crippen molar-refractivity contribution < 1.29 is 19.3 Å². The SMILES string of the molecule is O=C(CSc1nc2ccc(N3C(=O)c4cccc([N+](=O)[O-])c4C3=O)cc2s1)N1CCCC1. The predicted octanol–water partition coefficient (Wildman–Crippen LogP) is 3.72. The normalized spacial score (nSPS) is 15.6. The fourth-order valence-corrected chi connectivity index (χ4v) is 5.93. The van der Waals surface area contributed by atoms with Crippen LogP contribution >= 0.6 is 23.1 Å². The van der Waals surface area contributed by atoms with E-state index < -0.39 is 16.7 Å². The molecule has 1 saturated heterocycles. The molecule has 3 heterocycles. The highest BCUT2D eigenvalue weighted by atomic mass is 32.2. The molecule has 3 amide bonds. The summed E-state index contributed by atoms with van der Waals surface area (Å²) in [7, 11) is 0. The van der Waals surface area contributed by atoms with E-state index in [1.54, 1.807) is 18.2 Å². The van der Waals surface area contributed by atoms with Crippen LogP contribution in [0.1, 0.15) is 33.6 Å². The zero-order chi connectivity index (χ0) is 22.4. The average molecular weight is 469 g/mol. The quantitative estimate of drug-likeness (QED) is 0.243. The molecule has 1 fully saturated rings. The summed E-state index contributed by atoms with van der Waals surface area (Å²) in [6, 6.07) is 9.00. The molecule has 0 saturated carbocycles. The molecular weight excluding hydrogens is 452 g/mol. The Balaban J connectivity index is 1.40. The third-order valence-electron chi connectivity index (χ3n) is 5.48. The number of benzene rings is 2. The standard InChI is InChI=1S/C21H16N4O5S2/c26-17(23-8-1-2-9-23)11-31-21-22-14-7-6-12(10-16(14)32-21)24-19(27)13-4-3-5-15(25(29)30)18(13)20(24)28/h3-7,10H,1-2,8-9,11H2. The molecule has 1 aromatic heterocycles. The van der Waals surface area contributed by atoms with Gasteiger partial charge in [-0.15, -0.1) is 11.3 Å². The minimum atomic E-state index is -0.716. The van der Waals surface area contributed by atoms with E-state index in [1.807, 2.05) is 4.90 Å². The van der Waals surface area contributed by atoms with E-state index in [0.29, 0.717) is 17.0 Å². The van der Waals surface area contributed by atoms with Gasteiger partial charge in [0.05, 0.1) is 32.1 Å². The highest BCUT2D eigenvalue weighted by Gasteiger charge is 2.41. The van der Waals surface area contributed by atoms with Crippen molar-refractivity contribution >= 4 is 62.4 Å². The van der Waals surface area contributed by atoms with Gasteiger partial charge < -0.3 is 4.90 Å². The summed E-state index contributed by atoms with van der Waals surface area (Å²) in [6.07, 6.45) is 2.09. The van der Waals surface area contributed by atoms with E-state index >= 15 is 0 Å². The van der Waals surface area contributed by atoms with Crippen LogP contribution in [0.25, 0.3) is 10.2 Å². The van der Waals surface area contributed by atoms with Crippen molar-refractivity contribution in [3.63, 3.8) is 0 Å². The third kappa shape index (κ3) is 3.43. The largest absolute Gasteiger partial charge is 0.342 e. The number of amides is 3. The van der Waals surface area contributed by atoms with Gasteiger partial charge in [0.25, 0.3) is 17.5 Å². The molecule has 0 spiro atoms. The van der Waals surface area contributed by atoms with Crippen LogP contribution in [-0.2, 0) is 4.79 Å². The molecule has 0 bridgehead atoms. The maximum atomic E-state index is 12.9. The molecule has 0 atom stereocenters. The van der Waals surface area contributed by atoms with Crippen molar-refractivity contribution in [2.75, 3.05) is 23.7 Å². The number of nitro groups is 1. The number of imide groups is 1. The van der Waals surface area contributed by atoms with Crippen molar-refractivity contribution in [1.29, 1.82) is 0 Å². The van der Waals surface area contributed by atoms with Crippen LogP contribution in [-0.4, -0.2) is 51.4 Å². The van der Waals surface area contributed by atoms with Gasteiger partial charge in [-0.2, -0.15) is 0 Å². The lowest BCUT2D eigenvalue weighted by molar-refractivity contribution is -0.385. The Hall–Kier alpha value is -3.31. The molecule has 11 heteroatoms. The number of nitrogens with zero attached hydrogens (tertiary/aromatic N) is 4. The number of hydrogen-bond acceptors (Lipinski definition) is 8. The monoisotopic (exact) mass is 468 g/mol. The number of aromatic nitrogens is 1. The minimum absolute atomic E-state index is 0.0188. The Bertz CT molecular complexity index is 1300. The summed E-state index contributed by atoms with van der Waals surface area (Å²) in [5, 5.41) is 11.3. The number of thiazole rings is 1. The second kappa shape index (κ2) is 7.99. The molecule has 0 unspecified atom stereocenters. The molecule has 0 aliphatic carbocycles. The summed E-state index contributed by atoms with van der Waals surface area (Å²) in [6.45, 7) is 1.61. The fourth-order valence-electron chi connectivity index (χ4n) is 3.93. The third-order valence-corrected chi connectivity index (χ3v) is 7.62. The number of hydrogen-bond donors (Lipinski definition) is 0. The van der Waals surface area contributed by atoms with Crippen LogP contribution in [0.15, 0.2) is 40.7 Å². The van der Waals surface area contributed by atoms with Crippen LogP contribution in [0, 0.1) is 10.1 Å². The van der Waals surface area contributed by atoms with E-state index in [0.717, 1.165) is 39.9 Å². The first kappa shape index (κ1) is 20.6. The number of rotatable bonds is 5. The van der Waals surface area contributed by atoms with Crippen LogP contribution in [0.2, 0.25) is 0 Å². The Morgan fingerprint density at radius 2 is 1.94 bits per heavy atom. The Morgan fingerprint density at radius 3 is 2.69 bits per heavy atom. The van der Waals surface area contributed by atoms with E-state index in [9.17, 15) is 24.5 Å². The second-order valence-electron chi connectivity index (χ2n) is 7.41. The highest BCUT2D eigenvalue weighted by molar-refractivity contribution is 8.01. The van der Waals surface area contributed by atoms with Crippen LogP contribution < -0.4 is 4.90 Å². The van der Waals surface area contributed by atoms with Crippen molar-refractivity contribution in [2.45, 2.75) is 17.2 Å². The van der Waals surface area contributed by atoms with Gasteiger partial charge in [-0.25, -0.2) is 9.88 Å². The molecule has 3 aromatic rings. The zero-order valence-corrected chi connectivity index (χ0v) is 18.3. The summed E-state index contributed by atoms with van der Waals surface area (Å²) >= 11 is 2.74. The zero-order valence-electron chi connectivity index (χ0n) is 16.6. The summed E-state index contributed by atoms with van der Waals surface area (Å²) < 4.78 is 1.48. The molecule has 0 N–H and O–H groups in total. The molecule has 0 radical (unpaired) electrons. The Morgan fingerprint density at radius 1 is 1.16 bits per heavy atom. The maximum Gasteiger partial charge on any atom is 0.283 e. The molecule has 9 nitrogen and oxygen atoms in total. The lowest BCUT2D eigenvalue weighted by Crippen LogP contribution is -2.29. The average Bonchev–Trinajstić information content (AvgIpc) is 3.50. The lowest BCUT2D eigenvalue weighted by atomic mass is 10.1. The van der Waals surface area contributed by atoms with Gasteiger partial charge in [0.1, 0.15) is 5.56 Å². The van der Waals surface area contributed by atoms with Crippen molar-refractivity contribution in [1.82, 2.24) is 9.88 Å². The number of carbonyl (C=O) groups excluding carboxylic acids is 3. The van der Waals surface area contributed by atoms with E-state index in [4.69, 9.17) is 0 Å². The Labute approximate surface area is 190 Å². The first-order valence-corrected chi connectivity index (χ1v) is 11.7. The van der Waals surface area contributed by atoms with Gasteiger partial charge in [-0.05, 0) is 37.1 Å². The van der Waals surface area contributed by atoms with Gasteiger partial charge in [-0.3, -0.25) is 24.5 Å². The fraction of sp³-hybridized carbons (Fsp3) is 0.238. The molecule has 5 rings (SSSR count). The number of fused-ring (bicyclic) bond motifs is 2. The van der Waals surface area contributed by atoms with Gasteiger partial charge >= 0.3 is 0 Å². The predicted molar refractivity (Wildman–Crippen MR) is 120 cm³/mol. The van der Waals surface area contributed by atoms with Crippen LogP contribution in [0.3, 0.4) is 0 Å². The number of thioether (sulfide) groups is 1. The summed E-state index contributed by atoms with van der Waals surface area (Å²) in [5.74, 6) is -0.898. The molecule has 2 aromatic carbocycles. The second-order valence-corrected chi connectivity index (χ2v) is 9.66. The Kier molecular flexibility index (Phi) is 5.14. The van der Waals surface area contributed by atoms with E-state index in [2.05, 4.69) is 4.98 Å². The topological polar surface area (TPSA) is 114 Å². The first-order chi connectivity index (χ1) is 15.4. The van der Waals surface area contributed by atoms with E-state index in [1.165, 1.54) is 41.3 Å². The minimum Gasteiger partial charge on any atom is -0.342 e. The molecule has 2 aliphatic heterocycles. The van der Waals surface area contributed by atoms with Gasteiger partial charge in [0.15, 0.2) is 4.34 Å². The van der Waals surface area contributed by atoms with E-state index in [-0.39, 0.29) is 22.7 Å². The molecule has 32 heavy (non-hydrogen) atoms. The van der Waals surface area contributed by atoms with Gasteiger partial charge in [0.2, 0.25) is 5.91 Å². The number of carbonyl (C=O) groups is 3. The first-order valence-electron chi connectivity index (χ1n) is 9.91. The highest BCUT2D eigenvalue weighted by Crippen LogP contribution is 2.37. The van der Waals surface area contributed by atoms with Crippen molar-refractivity contribution in [3.8, 4) is 0 Å². The summed E-state index contributed by atoms with van der Waals surface area (Å²) in [5.41, 5.74) is 0.459. The molecule has 162 valence electrons. The van der Waals surface area contributed by atoms with Crippen LogP contribution in [0.5, 0.6) is 0 Å². The number of likely N-dealkylation sites (tertiary alicyclic amines) is 1. The smallest absolute Gasteiger partial charge is 0.283 e. The van der Waals surface area contributed by atoms with Gasteiger partial charge in [0, 0.05) is 19.2 Å². The van der Waals surface area contributed by atoms with Gasteiger partial charge in [-0.1, -0.05) is 17.8 Å². The number of anilines is 1. The summed E-state index contributed by atoms with van der Waals surface area (Å²) in [4.78, 5) is 56.0. The lowest BCUT2D eigenvalue weighted by Gasteiger charge is -2.13. The van der Waals surface area contributed by atoms with Crippen molar-refractivity contribution in [3.05, 3.63) is 57.6 Å². The maximum absolute atomic E-state index is 12.9.